The number of rotatable bonds is 0. The van der Waals surface area contributed by atoms with E-state index in [4.69, 9.17) is 4.74 Å². The third kappa shape index (κ3) is 1.95. The second kappa shape index (κ2) is 4.73. The number of aryl methyl sites for hydroxylation is 1. The van der Waals surface area contributed by atoms with Crippen molar-refractivity contribution in [2.24, 2.45) is 5.92 Å². The summed E-state index contributed by atoms with van der Waals surface area (Å²) in [5.41, 5.74) is 8.80. The number of benzene rings is 1. The Morgan fingerprint density at radius 3 is 2.40 bits per heavy atom. The summed E-state index contributed by atoms with van der Waals surface area (Å²) in [5, 5.41) is 0. The van der Waals surface area contributed by atoms with Crippen molar-refractivity contribution in [1.29, 1.82) is 0 Å². The molecule has 0 spiro atoms. The molecule has 0 bridgehead atoms. The number of allylic oxidation sites excluding steroid dienone is 1. The molecule has 3 rings (SSSR count). The fourth-order valence-electron chi connectivity index (χ4n) is 4.03. The first-order chi connectivity index (χ1) is 9.40. The van der Waals surface area contributed by atoms with E-state index in [1.54, 1.807) is 11.1 Å². The summed E-state index contributed by atoms with van der Waals surface area (Å²) in [4.78, 5) is 0. The molecular weight excluding hydrogens is 244 g/mol. The average Bonchev–Trinajstić information content (AvgIpc) is 2.65. The van der Waals surface area contributed by atoms with Gasteiger partial charge in [0.05, 0.1) is 12.2 Å². The van der Waals surface area contributed by atoms with Crippen LogP contribution in [-0.4, -0.2) is 6.10 Å². The monoisotopic (exact) mass is 270 g/mol. The normalized spacial score (nSPS) is 35.0. The van der Waals surface area contributed by atoms with E-state index in [-0.39, 0.29) is 12.2 Å². The van der Waals surface area contributed by atoms with E-state index < -0.39 is 0 Å². The zero-order valence-electron chi connectivity index (χ0n) is 13.6. The molecule has 1 nitrogen and oxygen atoms in total. The molecule has 0 saturated heterocycles. The molecule has 0 N–H and O–H groups in total. The van der Waals surface area contributed by atoms with Crippen molar-refractivity contribution in [3.8, 4) is 0 Å². The van der Waals surface area contributed by atoms with Crippen LogP contribution in [-0.2, 0) is 11.2 Å². The molecule has 1 heterocycles. The van der Waals surface area contributed by atoms with Crippen LogP contribution in [0.5, 0.6) is 0 Å². The first-order valence-corrected chi connectivity index (χ1v) is 7.86. The van der Waals surface area contributed by atoms with Gasteiger partial charge in [-0.1, -0.05) is 19.1 Å². The zero-order chi connectivity index (χ0) is 14.6. The molecule has 0 amide bonds. The smallest absolute Gasteiger partial charge is 0.0810 e. The summed E-state index contributed by atoms with van der Waals surface area (Å²) < 4.78 is 6.26. The molecule has 108 valence electrons. The Kier molecular flexibility index (Phi) is 3.29. The Morgan fingerprint density at radius 2 is 1.70 bits per heavy atom. The van der Waals surface area contributed by atoms with Crippen molar-refractivity contribution in [3.05, 3.63) is 45.5 Å². The predicted octanol–water partition coefficient (Wildman–Crippen LogP) is 5.01. The molecule has 0 fully saturated rings. The summed E-state index contributed by atoms with van der Waals surface area (Å²) in [7, 11) is 0. The lowest BCUT2D eigenvalue weighted by Crippen LogP contribution is -2.20. The largest absolute Gasteiger partial charge is 0.367 e. The lowest BCUT2D eigenvalue weighted by molar-refractivity contribution is 0.0247. The molecule has 0 radical (unpaired) electrons. The van der Waals surface area contributed by atoms with Crippen LogP contribution in [0.15, 0.2) is 17.7 Å². The summed E-state index contributed by atoms with van der Waals surface area (Å²) in [6.07, 6.45) is 4.08. The topological polar surface area (TPSA) is 9.23 Å². The van der Waals surface area contributed by atoms with E-state index >= 15 is 0 Å². The first-order valence-electron chi connectivity index (χ1n) is 7.86. The quantitative estimate of drug-likeness (QED) is 0.602. The lowest BCUT2D eigenvalue weighted by Gasteiger charge is -2.30. The van der Waals surface area contributed by atoms with E-state index in [2.05, 4.69) is 53.7 Å². The van der Waals surface area contributed by atoms with Gasteiger partial charge in [0.25, 0.3) is 0 Å². The third-order valence-electron chi connectivity index (χ3n) is 5.41. The Morgan fingerprint density at radius 1 is 1.00 bits per heavy atom. The second-order valence-corrected chi connectivity index (χ2v) is 6.84. The minimum absolute atomic E-state index is 0.190. The highest BCUT2D eigenvalue weighted by Gasteiger charge is 2.35. The Hall–Kier alpha value is -1.08. The van der Waals surface area contributed by atoms with Crippen molar-refractivity contribution in [2.75, 3.05) is 0 Å². The highest BCUT2D eigenvalue weighted by molar-refractivity contribution is 5.53. The molecule has 2 aliphatic rings. The van der Waals surface area contributed by atoms with Gasteiger partial charge in [-0.3, -0.25) is 0 Å². The van der Waals surface area contributed by atoms with Gasteiger partial charge in [0.1, 0.15) is 0 Å². The maximum Gasteiger partial charge on any atom is 0.0810 e. The van der Waals surface area contributed by atoms with Crippen molar-refractivity contribution in [2.45, 2.75) is 66.1 Å². The molecule has 1 aliphatic carbocycles. The minimum Gasteiger partial charge on any atom is -0.367 e. The lowest BCUT2D eigenvalue weighted by atomic mass is 9.83. The fraction of sp³-hybridized carbons (Fsp3) is 0.579. The van der Waals surface area contributed by atoms with Gasteiger partial charge < -0.3 is 4.74 Å². The van der Waals surface area contributed by atoms with E-state index in [9.17, 15) is 0 Å². The van der Waals surface area contributed by atoms with Crippen LogP contribution in [0.1, 0.15) is 67.5 Å². The van der Waals surface area contributed by atoms with E-state index in [1.807, 2.05) is 0 Å². The van der Waals surface area contributed by atoms with Crippen molar-refractivity contribution < 1.29 is 4.74 Å². The first kappa shape index (κ1) is 13.9. The average molecular weight is 270 g/mol. The number of hydrogen-bond acceptors (Lipinski definition) is 1. The van der Waals surface area contributed by atoms with Gasteiger partial charge >= 0.3 is 0 Å². The van der Waals surface area contributed by atoms with Gasteiger partial charge in [0, 0.05) is 5.92 Å². The van der Waals surface area contributed by atoms with Crippen LogP contribution in [0, 0.1) is 19.8 Å². The van der Waals surface area contributed by atoms with Gasteiger partial charge in [0.15, 0.2) is 0 Å². The molecule has 0 saturated carbocycles. The summed E-state index contributed by atoms with van der Waals surface area (Å²) >= 11 is 0. The van der Waals surface area contributed by atoms with Gasteiger partial charge in [-0.15, -0.1) is 0 Å². The number of ether oxygens (including phenoxy) is 1. The van der Waals surface area contributed by atoms with Crippen LogP contribution < -0.4 is 0 Å². The van der Waals surface area contributed by atoms with Crippen molar-refractivity contribution in [3.63, 3.8) is 0 Å². The highest BCUT2D eigenvalue weighted by atomic mass is 16.5. The molecule has 4 unspecified atom stereocenters. The van der Waals surface area contributed by atoms with Crippen LogP contribution in [0.4, 0.5) is 0 Å². The van der Waals surface area contributed by atoms with Crippen LogP contribution in [0.3, 0.4) is 0 Å². The molecule has 4 atom stereocenters. The van der Waals surface area contributed by atoms with Gasteiger partial charge in [-0.05, 0) is 80.3 Å². The SMILES string of the molecule is C/C1=C/C2c3c(cc(C)c(C)c3C(C)OC1C)CC2C. The van der Waals surface area contributed by atoms with Crippen molar-refractivity contribution >= 4 is 0 Å². The van der Waals surface area contributed by atoms with Crippen molar-refractivity contribution in [1.82, 2.24) is 0 Å². The molecular formula is C19H26O. The van der Waals surface area contributed by atoms with Gasteiger partial charge in [0.2, 0.25) is 0 Å². The fourth-order valence-corrected chi connectivity index (χ4v) is 4.03. The van der Waals surface area contributed by atoms with Crippen LogP contribution >= 0.6 is 0 Å². The Bertz CT molecular complexity index is 582. The Balaban J connectivity index is 2.28. The highest BCUT2D eigenvalue weighted by Crippen LogP contribution is 2.47. The third-order valence-corrected chi connectivity index (χ3v) is 5.41. The maximum atomic E-state index is 6.26. The number of hydrogen-bond donors (Lipinski definition) is 0. The van der Waals surface area contributed by atoms with Crippen LogP contribution in [0.25, 0.3) is 0 Å². The molecule has 20 heavy (non-hydrogen) atoms. The molecule has 1 aromatic carbocycles. The molecule has 1 heteroatoms. The van der Waals surface area contributed by atoms with Gasteiger partial charge in [-0.25, -0.2) is 0 Å². The van der Waals surface area contributed by atoms with Gasteiger partial charge in [-0.2, -0.15) is 0 Å². The van der Waals surface area contributed by atoms with Crippen LogP contribution in [0.2, 0.25) is 0 Å². The molecule has 1 aliphatic heterocycles. The predicted molar refractivity (Wildman–Crippen MR) is 84.2 cm³/mol. The summed E-state index contributed by atoms with van der Waals surface area (Å²) in [6, 6.07) is 2.41. The summed E-state index contributed by atoms with van der Waals surface area (Å²) in [5.74, 6) is 1.28. The van der Waals surface area contributed by atoms with E-state index in [0.717, 1.165) is 0 Å². The maximum absolute atomic E-state index is 6.26. The van der Waals surface area contributed by atoms with E-state index in [1.165, 1.54) is 28.7 Å². The minimum atomic E-state index is 0.190. The molecule has 0 aromatic heterocycles. The summed E-state index contributed by atoms with van der Waals surface area (Å²) in [6.45, 7) is 13.5. The molecule has 1 aromatic rings. The van der Waals surface area contributed by atoms with E-state index in [0.29, 0.717) is 11.8 Å². The second-order valence-electron chi connectivity index (χ2n) is 6.84. The standard InChI is InChI=1S/C19H26O/c1-10-7-16-8-12(3)17-9-11(2)14(5)20-15(6)18(13(10)4)19(16)17/h7,9,12,14-15,17H,8H2,1-6H3/b11-9-. The Labute approximate surface area is 123 Å². The zero-order valence-corrected chi connectivity index (χ0v) is 13.6.